The van der Waals surface area contributed by atoms with Crippen LogP contribution in [0.2, 0.25) is 0 Å². The van der Waals surface area contributed by atoms with Crippen LogP contribution in [0.15, 0.2) is 24.3 Å². The Morgan fingerprint density at radius 2 is 1.95 bits per heavy atom. The maximum Gasteiger partial charge on any atom is 0.234 e. The van der Waals surface area contributed by atoms with Gasteiger partial charge in [0, 0.05) is 17.8 Å². The number of carbonyl (C=O) groups excluding carboxylic acids is 1. The molecule has 1 fully saturated rings. The molecule has 1 aliphatic rings. The standard InChI is InChI=1S/C16H24N2O2S/c1-16(2,3)21-12-15(19)17-13-6-4-5-7-14(13)18-8-10-20-11-9-18/h4-7H,8-12H2,1-3H3,(H,17,19). The molecule has 0 atom stereocenters. The van der Waals surface area contributed by atoms with Crippen molar-refractivity contribution < 1.29 is 9.53 Å². The second-order valence-corrected chi connectivity index (χ2v) is 7.87. The number of para-hydroxylation sites is 2. The summed E-state index contributed by atoms with van der Waals surface area (Å²) in [6.45, 7) is 9.56. The Morgan fingerprint density at radius 1 is 1.29 bits per heavy atom. The van der Waals surface area contributed by atoms with Crippen LogP contribution < -0.4 is 10.2 Å². The molecule has 1 heterocycles. The van der Waals surface area contributed by atoms with Gasteiger partial charge in [-0.25, -0.2) is 0 Å². The number of benzene rings is 1. The number of morpholine rings is 1. The van der Waals surface area contributed by atoms with E-state index >= 15 is 0 Å². The summed E-state index contributed by atoms with van der Waals surface area (Å²) in [6, 6.07) is 7.98. The first-order valence-electron chi connectivity index (χ1n) is 7.31. The molecule has 116 valence electrons. The average molecular weight is 308 g/mol. The van der Waals surface area contributed by atoms with Crippen LogP contribution >= 0.6 is 11.8 Å². The van der Waals surface area contributed by atoms with Crippen molar-refractivity contribution in [2.24, 2.45) is 0 Å². The molecule has 0 saturated carbocycles. The minimum Gasteiger partial charge on any atom is -0.378 e. The Morgan fingerprint density at radius 3 is 2.62 bits per heavy atom. The van der Waals surface area contributed by atoms with E-state index in [4.69, 9.17) is 4.74 Å². The van der Waals surface area contributed by atoms with Gasteiger partial charge in [0.05, 0.1) is 30.3 Å². The maximum absolute atomic E-state index is 12.1. The highest BCUT2D eigenvalue weighted by Crippen LogP contribution is 2.27. The molecule has 2 rings (SSSR count). The zero-order chi connectivity index (χ0) is 15.3. The molecule has 1 saturated heterocycles. The fourth-order valence-corrected chi connectivity index (χ4v) is 2.76. The summed E-state index contributed by atoms with van der Waals surface area (Å²) in [6.07, 6.45) is 0. The Labute approximate surface area is 131 Å². The van der Waals surface area contributed by atoms with Gasteiger partial charge in [0.15, 0.2) is 0 Å². The molecule has 1 N–H and O–H groups in total. The third kappa shape index (κ3) is 5.25. The van der Waals surface area contributed by atoms with Gasteiger partial charge in [-0.1, -0.05) is 32.9 Å². The van der Waals surface area contributed by atoms with Crippen molar-refractivity contribution >= 4 is 29.0 Å². The second-order valence-electron chi connectivity index (χ2n) is 6.07. The number of hydrogen-bond donors (Lipinski definition) is 1. The number of hydrogen-bond acceptors (Lipinski definition) is 4. The topological polar surface area (TPSA) is 41.6 Å². The molecule has 4 nitrogen and oxygen atoms in total. The lowest BCUT2D eigenvalue weighted by atomic mass is 10.2. The number of amides is 1. The Kier molecular flexibility index (Phi) is 5.53. The fourth-order valence-electron chi connectivity index (χ4n) is 2.13. The van der Waals surface area contributed by atoms with Gasteiger partial charge >= 0.3 is 0 Å². The molecule has 1 aromatic carbocycles. The summed E-state index contributed by atoms with van der Waals surface area (Å²) in [5.41, 5.74) is 1.97. The number of rotatable bonds is 4. The molecule has 0 bridgehead atoms. The number of nitrogens with zero attached hydrogens (tertiary/aromatic N) is 1. The zero-order valence-electron chi connectivity index (χ0n) is 13.0. The van der Waals surface area contributed by atoms with E-state index in [1.807, 2.05) is 18.2 Å². The lowest BCUT2D eigenvalue weighted by Gasteiger charge is -2.30. The van der Waals surface area contributed by atoms with Crippen molar-refractivity contribution in [2.75, 3.05) is 42.3 Å². The predicted octanol–water partition coefficient (Wildman–Crippen LogP) is 2.99. The molecular weight excluding hydrogens is 284 g/mol. The summed E-state index contributed by atoms with van der Waals surface area (Å²) in [7, 11) is 0. The summed E-state index contributed by atoms with van der Waals surface area (Å²) >= 11 is 1.66. The third-order valence-electron chi connectivity index (χ3n) is 3.17. The molecule has 0 aromatic heterocycles. The van der Waals surface area contributed by atoms with Crippen LogP contribution in [-0.4, -0.2) is 42.7 Å². The van der Waals surface area contributed by atoms with Gasteiger partial charge in [0.25, 0.3) is 0 Å². The van der Waals surface area contributed by atoms with Crippen molar-refractivity contribution in [2.45, 2.75) is 25.5 Å². The molecule has 1 aliphatic heterocycles. The molecule has 1 aromatic rings. The number of thioether (sulfide) groups is 1. The van der Waals surface area contributed by atoms with Crippen molar-refractivity contribution in [3.63, 3.8) is 0 Å². The van der Waals surface area contributed by atoms with Gasteiger partial charge in [0.2, 0.25) is 5.91 Å². The van der Waals surface area contributed by atoms with Gasteiger partial charge in [-0.15, -0.1) is 11.8 Å². The van der Waals surface area contributed by atoms with Gasteiger partial charge in [-0.3, -0.25) is 4.79 Å². The van der Waals surface area contributed by atoms with Crippen LogP contribution in [0.1, 0.15) is 20.8 Å². The van der Waals surface area contributed by atoms with Crippen molar-refractivity contribution in [3.05, 3.63) is 24.3 Å². The van der Waals surface area contributed by atoms with Crippen LogP contribution in [0.4, 0.5) is 11.4 Å². The van der Waals surface area contributed by atoms with E-state index < -0.39 is 0 Å². The van der Waals surface area contributed by atoms with Gasteiger partial charge < -0.3 is 15.0 Å². The molecule has 0 aliphatic carbocycles. The highest BCUT2D eigenvalue weighted by molar-refractivity contribution is 8.01. The van der Waals surface area contributed by atoms with Crippen molar-refractivity contribution in [3.8, 4) is 0 Å². The largest absolute Gasteiger partial charge is 0.378 e. The van der Waals surface area contributed by atoms with E-state index in [0.717, 1.165) is 37.7 Å². The highest BCUT2D eigenvalue weighted by Gasteiger charge is 2.17. The predicted molar refractivity (Wildman–Crippen MR) is 90.3 cm³/mol. The highest BCUT2D eigenvalue weighted by atomic mass is 32.2. The SMILES string of the molecule is CC(C)(C)SCC(=O)Nc1ccccc1N1CCOCC1. The number of anilines is 2. The van der Waals surface area contributed by atoms with Crippen LogP contribution in [0, 0.1) is 0 Å². The number of nitrogens with one attached hydrogen (secondary N) is 1. The lowest BCUT2D eigenvalue weighted by Crippen LogP contribution is -2.36. The Hall–Kier alpha value is -1.20. The van der Waals surface area contributed by atoms with Crippen LogP contribution in [-0.2, 0) is 9.53 Å². The first kappa shape index (κ1) is 16.2. The normalized spacial score (nSPS) is 15.9. The molecule has 1 amide bonds. The maximum atomic E-state index is 12.1. The Balaban J connectivity index is 2.01. The summed E-state index contributed by atoms with van der Waals surface area (Å²) in [5.74, 6) is 0.525. The second kappa shape index (κ2) is 7.18. The summed E-state index contributed by atoms with van der Waals surface area (Å²) in [4.78, 5) is 14.4. The summed E-state index contributed by atoms with van der Waals surface area (Å²) in [5, 5.41) is 3.04. The quantitative estimate of drug-likeness (QED) is 0.928. The monoisotopic (exact) mass is 308 g/mol. The van der Waals surface area contributed by atoms with Crippen LogP contribution in [0.3, 0.4) is 0 Å². The lowest BCUT2D eigenvalue weighted by molar-refractivity contribution is -0.113. The molecule has 0 unspecified atom stereocenters. The van der Waals surface area contributed by atoms with E-state index in [2.05, 4.69) is 37.1 Å². The first-order valence-corrected chi connectivity index (χ1v) is 8.30. The molecular formula is C16H24N2O2S. The third-order valence-corrected chi connectivity index (χ3v) is 4.44. The van der Waals surface area contributed by atoms with Crippen molar-refractivity contribution in [1.82, 2.24) is 0 Å². The number of carbonyl (C=O) groups is 1. The van der Waals surface area contributed by atoms with Gasteiger partial charge in [-0.05, 0) is 12.1 Å². The molecule has 0 radical (unpaired) electrons. The smallest absolute Gasteiger partial charge is 0.234 e. The van der Waals surface area contributed by atoms with Crippen LogP contribution in [0.25, 0.3) is 0 Å². The molecule has 5 heteroatoms. The van der Waals surface area contributed by atoms with Gasteiger partial charge in [-0.2, -0.15) is 0 Å². The Bertz CT molecular complexity index is 479. The molecule has 0 spiro atoms. The fraction of sp³-hybridized carbons (Fsp3) is 0.562. The molecule has 21 heavy (non-hydrogen) atoms. The van der Waals surface area contributed by atoms with Crippen molar-refractivity contribution in [1.29, 1.82) is 0 Å². The van der Waals surface area contributed by atoms with E-state index in [1.54, 1.807) is 11.8 Å². The first-order chi connectivity index (χ1) is 9.96. The number of ether oxygens (including phenoxy) is 1. The summed E-state index contributed by atoms with van der Waals surface area (Å²) < 4.78 is 5.48. The van der Waals surface area contributed by atoms with Gasteiger partial charge in [0.1, 0.15) is 0 Å². The van der Waals surface area contributed by atoms with E-state index in [0.29, 0.717) is 5.75 Å². The minimum atomic E-state index is 0.0515. The van der Waals surface area contributed by atoms with E-state index in [1.165, 1.54) is 0 Å². The average Bonchev–Trinajstić information content (AvgIpc) is 2.46. The van der Waals surface area contributed by atoms with E-state index in [9.17, 15) is 4.79 Å². The zero-order valence-corrected chi connectivity index (χ0v) is 13.8. The van der Waals surface area contributed by atoms with Crippen LogP contribution in [0.5, 0.6) is 0 Å². The van der Waals surface area contributed by atoms with E-state index in [-0.39, 0.29) is 10.7 Å². The minimum absolute atomic E-state index is 0.0515.